The predicted octanol–water partition coefficient (Wildman–Crippen LogP) is 0.978. The van der Waals surface area contributed by atoms with Crippen molar-refractivity contribution >= 4 is 5.65 Å². The molecule has 0 radical (unpaired) electrons. The lowest BCUT2D eigenvalue weighted by atomic mass is 10.0. The molecule has 5 nitrogen and oxygen atoms in total. The number of nitrogens with one attached hydrogen (secondary N) is 1. The molecule has 2 aromatic rings. The smallest absolute Gasteiger partial charge is 0.160 e. The number of hydrogen-bond donors (Lipinski definition) is 2. The minimum Gasteiger partial charge on any atom is -0.389 e. The van der Waals surface area contributed by atoms with E-state index < -0.39 is 5.60 Å². The van der Waals surface area contributed by atoms with Crippen LogP contribution in [-0.2, 0) is 6.54 Å². The Balaban J connectivity index is 2.09. The topological polar surface area (TPSA) is 62.5 Å². The quantitative estimate of drug-likeness (QED) is 0.827. The predicted molar refractivity (Wildman–Crippen MR) is 65.6 cm³/mol. The maximum Gasteiger partial charge on any atom is 0.160 e. The first kappa shape index (κ1) is 12.0. The molecule has 0 spiro atoms. The molecule has 0 aliphatic carbocycles. The summed E-state index contributed by atoms with van der Waals surface area (Å²) in [6.45, 7) is 6.10. The number of aromatic nitrogens is 3. The zero-order valence-corrected chi connectivity index (χ0v) is 10.4. The fourth-order valence-corrected chi connectivity index (χ4v) is 1.51. The summed E-state index contributed by atoms with van der Waals surface area (Å²) in [6, 6.07) is 5.77. The molecular weight excluding hydrogens is 216 g/mol. The lowest BCUT2D eigenvalue weighted by Gasteiger charge is -2.26. The van der Waals surface area contributed by atoms with E-state index >= 15 is 0 Å². The molecule has 1 unspecified atom stereocenters. The molecule has 92 valence electrons. The van der Waals surface area contributed by atoms with Crippen LogP contribution in [0.4, 0.5) is 0 Å². The van der Waals surface area contributed by atoms with E-state index in [4.69, 9.17) is 0 Å². The van der Waals surface area contributed by atoms with Crippen LogP contribution in [0.3, 0.4) is 0 Å². The van der Waals surface area contributed by atoms with Gasteiger partial charge in [0.1, 0.15) is 0 Å². The molecule has 2 rings (SSSR count). The number of pyridine rings is 1. The van der Waals surface area contributed by atoms with Crippen LogP contribution in [-0.4, -0.2) is 31.3 Å². The third-order valence-corrected chi connectivity index (χ3v) is 3.01. The Morgan fingerprint density at radius 2 is 2.18 bits per heavy atom. The van der Waals surface area contributed by atoms with Gasteiger partial charge in [0.15, 0.2) is 11.5 Å². The second-order valence-electron chi connectivity index (χ2n) is 4.80. The summed E-state index contributed by atoms with van der Waals surface area (Å²) in [5.74, 6) is 0.844. The monoisotopic (exact) mass is 234 g/mol. The Bertz CT molecular complexity index is 500. The molecule has 0 saturated heterocycles. The third-order valence-electron chi connectivity index (χ3n) is 3.01. The standard InChI is InChI=1S/C12H18N4O/c1-9(12(2,3)17)13-8-11-15-14-10-6-4-5-7-16(10)11/h4-7,9,13,17H,8H2,1-3H3. The first-order valence-electron chi connectivity index (χ1n) is 5.73. The van der Waals surface area contributed by atoms with Gasteiger partial charge in [0.05, 0.1) is 12.1 Å². The molecule has 0 aromatic carbocycles. The van der Waals surface area contributed by atoms with Crippen LogP contribution in [0, 0.1) is 0 Å². The number of nitrogens with zero attached hydrogens (tertiary/aromatic N) is 3. The fraction of sp³-hybridized carbons (Fsp3) is 0.500. The van der Waals surface area contributed by atoms with Gasteiger partial charge in [0.25, 0.3) is 0 Å². The van der Waals surface area contributed by atoms with Crippen LogP contribution < -0.4 is 5.32 Å². The number of aliphatic hydroxyl groups is 1. The van der Waals surface area contributed by atoms with Crippen molar-refractivity contribution in [3.05, 3.63) is 30.2 Å². The fourth-order valence-electron chi connectivity index (χ4n) is 1.51. The molecule has 0 fully saturated rings. The van der Waals surface area contributed by atoms with Crippen LogP contribution in [0.5, 0.6) is 0 Å². The summed E-state index contributed by atoms with van der Waals surface area (Å²) < 4.78 is 1.93. The van der Waals surface area contributed by atoms with Crippen LogP contribution in [0.2, 0.25) is 0 Å². The van der Waals surface area contributed by atoms with Gasteiger partial charge in [0.2, 0.25) is 0 Å². The number of fused-ring (bicyclic) bond motifs is 1. The van der Waals surface area contributed by atoms with Gasteiger partial charge in [-0.15, -0.1) is 10.2 Å². The summed E-state index contributed by atoms with van der Waals surface area (Å²) in [6.07, 6.45) is 1.93. The molecule has 0 aliphatic rings. The normalized spacial score (nSPS) is 14.1. The lowest BCUT2D eigenvalue weighted by Crippen LogP contribution is -2.44. The van der Waals surface area contributed by atoms with E-state index in [0.717, 1.165) is 11.5 Å². The van der Waals surface area contributed by atoms with Crippen molar-refractivity contribution in [2.75, 3.05) is 0 Å². The van der Waals surface area contributed by atoms with Crippen molar-refractivity contribution in [1.29, 1.82) is 0 Å². The van der Waals surface area contributed by atoms with Gasteiger partial charge in [-0.2, -0.15) is 0 Å². The summed E-state index contributed by atoms with van der Waals surface area (Å²) >= 11 is 0. The highest BCUT2D eigenvalue weighted by Crippen LogP contribution is 2.09. The zero-order chi connectivity index (χ0) is 12.5. The van der Waals surface area contributed by atoms with Crippen molar-refractivity contribution in [2.45, 2.75) is 39.0 Å². The van der Waals surface area contributed by atoms with Gasteiger partial charge in [-0.25, -0.2) is 0 Å². The van der Waals surface area contributed by atoms with Crippen molar-refractivity contribution in [3.8, 4) is 0 Å². The van der Waals surface area contributed by atoms with E-state index in [1.165, 1.54) is 0 Å². The first-order valence-corrected chi connectivity index (χ1v) is 5.73. The van der Waals surface area contributed by atoms with E-state index in [1.807, 2.05) is 35.7 Å². The van der Waals surface area contributed by atoms with E-state index in [0.29, 0.717) is 6.54 Å². The largest absolute Gasteiger partial charge is 0.389 e. The van der Waals surface area contributed by atoms with Crippen LogP contribution in [0.15, 0.2) is 24.4 Å². The maximum atomic E-state index is 9.82. The van der Waals surface area contributed by atoms with Gasteiger partial charge >= 0.3 is 0 Å². The molecule has 0 aliphatic heterocycles. The molecule has 17 heavy (non-hydrogen) atoms. The molecule has 1 atom stereocenters. The lowest BCUT2D eigenvalue weighted by molar-refractivity contribution is 0.0434. The average molecular weight is 234 g/mol. The molecular formula is C12H18N4O. The molecule has 2 heterocycles. The highest BCUT2D eigenvalue weighted by atomic mass is 16.3. The summed E-state index contributed by atoms with van der Waals surface area (Å²) in [5.41, 5.74) is 0.0840. The molecule has 0 bridgehead atoms. The average Bonchev–Trinajstić information content (AvgIpc) is 2.68. The Kier molecular flexibility index (Phi) is 3.13. The van der Waals surface area contributed by atoms with E-state index in [2.05, 4.69) is 15.5 Å². The van der Waals surface area contributed by atoms with Crippen LogP contribution in [0.1, 0.15) is 26.6 Å². The summed E-state index contributed by atoms with van der Waals surface area (Å²) in [5, 5.41) is 21.3. The van der Waals surface area contributed by atoms with Crippen molar-refractivity contribution < 1.29 is 5.11 Å². The minimum atomic E-state index is -0.750. The first-order chi connectivity index (χ1) is 7.98. The van der Waals surface area contributed by atoms with Gasteiger partial charge in [-0.3, -0.25) is 4.40 Å². The summed E-state index contributed by atoms with van der Waals surface area (Å²) in [7, 11) is 0. The highest BCUT2D eigenvalue weighted by Gasteiger charge is 2.21. The molecule has 0 saturated carbocycles. The Hall–Kier alpha value is -1.46. The molecule has 2 aromatic heterocycles. The van der Waals surface area contributed by atoms with Crippen LogP contribution >= 0.6 is 0 Å². The maximum absolute atomic E-state index is 9.82. The van der Waals surface area contributed by atoms with Gasteiger partial charge in [-0.05, 0) is 32.9 Å². The van der Waals surface area contributed by atoms with E-state index in [9.17, 15) is 5.11 Å². The summed E-state index contributed by atoms with van der Waals surface area (Å²) in [4.78, 5) is 0. The number of hydrogen-bond acceptors (Lipinski definition) is 4. The van der Waals surface area contributed by atoms with Gasteiger partial charge < -0.3 is 10.4 Å². The van der Waals surface area contributed by atoms with Crippen molar-refractivity contribution in [1.82, 2.24) is 19.9 Å². The third kappa shape index (κ3) is 2.62. The second kappa shape index (κ2) is 4.43. The molecule has 5 heteroatoms. The Labute approximate surface area is 100 Å². The highest BCUT2D eigenvalue weighted by molar-refractivity contribution is 5.36. The van der Waals surface area contributed by atoms with Crippen molar-refractivity contribution in [3.63, 3.8) is 0 Å². The second-order valence-corrected chi connectivity index (χ2v) is 4.80. The van der Waals surface area contributed by atoms with Crippen LogP contribution in [0.25, 0.3) is 5.65 Å². The van der Waals surface area contributed by atoms with E-state index in [-0.39, 0.29) is 6.04 Å². The Morgan fingerprint density at radius 3 is 2.88 bits per heavy atom. The SMILES string of the molecule is CC(NCc1nnc2ccccn12)C(C)(C)O. The zero-order valence-electron chi connectivity index (χ0n) is 10.4. The number of rotatable bonds is 4. The van der Waals surface area contributed by atoms with Gasteiger partial charge in [-0.1, -0.05) is 6.07 Å². The van der Waals surface area contributed by atoms with Crippen molar-refractivity contribution in [2.24, 2.45) is 0 Å². The molecule has 0 amide bonds. The van der Waals surface area contributed by atoms with E-state index in [1.54, 1.807) is 13.8 Å². The Morgan fingerprint density at radius 1 is 1.41 bits per heavy atom. The molecule has 2 N–H and O–H groups in total. The van der Waals surface area contributed by atoms with Gasteiger partial charge in [0, 0.05) is 12.2 Å². The minimum absolute atomic E-state index is 0.0152.